The Morgan fingerprint density at radius 3 is 2.94 bits per heavy atom. The van der Waals surface area contributed by atoms with Gasteiger partial charge in [0.25, 0.3) is 0 Å². The highest BCUT2D eigenvalue weighted by Crippen LogP contribution is 2.04. The quantitative estimate of drug-likeness (QED) is 0.619. The Hall–Kier alpha value is -1.39. The smallest absolute Gasteiger partial charge is 0.248 e. The first-order valence-corrected chi connectivity index (χ1v) is 5.87. The van der Waals surface area contributed by atoms with Gasteiger partial charge in [-0.25, -0.2) is 0 Å². The molecule has 1 unspecified atom stereocenters. The standard InChI is InChI=1S/C13H20N2O2/c1-10(16)4-3-7-15-9-11-5-2-6-12(8-11)13(14)17/h2,5-6,8,10,15-16H,3-4,7,9H2,1H3,(H2,14,17). The summed E-state index contributed by atoms with van der Waals surface area (Å²) in [6, 6.07) is 7.28. The molecule has 1 rings (SSSR count). The molecule has 0 fully saturated rings. The molecule has 4 nitrogen and oxygen atoms in total. The van der Waals surface area contributed by atoms with Crippen molar-refractivity contribution in [2.75, 3.05) is 6.54 Å². The number of hydrogen-bond acceptors (Lipinski definition) is 3. The lowest BCUT2D eigenvalue weighted by Gasteiger charge is -2.07. The van der Waals surface area contributed by atoms with Crippen LogP contribution in [0.2, 0.25) is 0 Å². The van der Waals surface area contributed by atoms with Crippen LogP contribution in [0.3, 0.4) is 0 Å². The maximum Gasteiger partial charge on any atom is 0.248 e. The fraction of sp³-hybridized carbons (Fsp3) is 0.462. The highest BCUT2D eigenvalue weighted by Gasteiger charge is 2.01. The molecule has 4 N–H and O–H groups in total. The number of carbonyl (C=O) groups excluding carboxylic acids is 1. The monoisotopic (exact) mass is 236 g/mol. The van der Waals surface area contributed by atoms with E-state index in [9.17, 15) is 4.79 Å². The molecule has 94 valence electrons. The van der Waals surface area contributed by atoms with E-state index in [1.54, 1.807) is 19.1 Å². The van der Waals surface area contributed by atoms with Gasteiger partial charge in [0.05, 0.1) is 6.10 Å². The maximum atomic E-state index is 11.0. The Bertz CT molecular complexity index is 364. The van der Waals surface area contributed by atoms with Crippen LogP contribution >= 0.6 is 0 Å². The summed E-state index contributed by atoms with van der Waals surface area (Å²) >= 11 is 0. The van der Waals surface area contributed by atoms with Crippen LogP contribution in [-0.2, 0) is 6.54 Å². The molecule has 0 spiro atoms. The lowest BCUT2D eigenvalue weighted by molar-refractivity contribution is 0.1000. The normalized spacial score (nSPS) is 12.4. The van der Waals surface area contributed by atoms with Crippen LogP contribution in [0.5, 0.6) is 0 Å². The molecule has 1 amide bonds. The first-order chi connectivity index (χ1) is 8.09. The molecule has 4 heteroatoms. The molecule has 0 aliphatic rings. The summed E-state index contributed by atoms with van der Waals surface area (Å²) in [5, 5.41) is 12.3. The van der Waals surface area contributed by atoms with Gasteiger partial charge >= 0.3 is 0 Å². The van der Waals surface area contributed by atoms with E-state index in [0.717, 1.165) is 24.9 Å². The topological polar surface area (TPSA) is 75.3 Å². The van der Waals surface area contributed by atoms with Crippen LogP contribution < -0.4 is 11.1 Å². The van der Waals surface area contributed by atoms with E-state index in [0.29, 0.717) is 12.1 Å². The molecule has 0 aliphatic heterocycles. The molecule has 1 atom stereocenters. The first-order valence-electron chi connectivity index (χ1n) is 5.87. The lowest BCUT2D eigenvalue weighted by atomic mass is 10.1. The molecule has 1 aromatic rings. The number of nitrogens with one attached hydrogen (secondary N) is 1. The van der Waals surface area contributed by atoms with E-state index in [4.69, 9.17) is 10.8 Å². The largest absolute Gasteiger partial charge is 0.393 e. The van der Waals surface area contributed by atoms with Crippen molar-refractivity contribution >= 4 is 5.91 Å². The average Bonchev–Trinajstić information content (AvgIpc) is 2.28. The van der Waals surface area contributed by atoms with Crippen LogP contribution in [0.25, 0.3) is 0 Å². The third-order valence-corrected chi connectivity index (χ3v) is 2.52. The highest BCUT2D eigenvalue weighted by atomic mass is 16.3. The number of aliphatic hydroxyl groups excluding tert-OH is 1. The van der Waals surface area contributed by atoms with Crippen molar-refractivity contribution in [2.24, 2.45) is 5.73 Å². The second-order valence-electron chi connectivity index (χ2n) is 4.23. The van der Waals surface area contributed by atoms with Gasteiger partial charge in [-0.05, 0) is 44.0 Å². The van der Waals surface area contributed by atoms with Gasteiger partial charge in [0.15, 0.2) is 0 Å². The van der Waals surface area contributed by atoms with Gasteiger partial charge in [-0.2, -0.15) is 0 Å². The number of rotatable bonds is 7. The summed E-state index contributed by atoms with van der Waals surface area (Å²) in [6.45, 7) is 3.35. The minimum Gasteiger partial charge on any atom is -0.393 e. The molecule has 0 saturated heterocycles. The fourth-order valence-corrected chi connectivity index (χ4v) is 1.59. The Balaban J connectivity index is 2.31. The zero-order valence-corrected chi connectivity index (χ0v) is 10.1. The molecule has 0 bridgehead atoms. The summed E-state index contributed by atoms with van der Waals surface area (Å²) < 4.78 is 0. The minimum atomic E-state index is -0.402. The number of benzene rings is 1. The molecular weight excluding hydrogens is 216 g/mol. The molecule has 1 aromatic carbocycles. The molecule has 0 aromatic heterocycles. The van der Waals surface area contributed by atoms with Crippen molar-refractivity contribution in [1.29, 1.82) is 0 Å². The Kier molecular flexibility index (Phi) is 5.66. The first kappa shape index (κ1) is 13.7. The van der Waals surface area contributed by atoms with Crippen LogP contribution in [0, 0.1) is 0 Å². The third-order valence-electron chi connectivity index (χ3n) is 2.52. The van der Waals surface area contributed by atoms with Gasteiger partial charge in [-0.1, -0.05) is 12.1 Å². The van der Waals surface area contributed by atoms with Crippen molar-refractivity contribution in [2.45, 2.75) is 32.4 Å². The molecule has 0 radical (unpaired) electrons. The summed E-state index contributed by atoms with van der Waals surface area (Å²) in [6.07, 6.45) is 1.50. The number of hydrogen-bond donors (Lipinski definition) is 3. The summed E-state index contributed by atoms with van der Waals surface area (Å²) in [5.74, 6) is -0.402. The van der Waals surface area contributed by atoms with Crippen LogP contribution in [0.1, 0.15) is 35.7 Å². The van der Waals surface area contributed by atoms with E-state index in [1.807, 2.05) is 12.1 Å². The number of amides is 1. The lowest BCUT2D eigenvalue weighted by Crippen LogP contribution is -2.17. The molecule has 0 aliphatic carbocycles. The second kappa shape index (κ2) is 7.04. The van der Waals surface area contributed by atoms with E-state index in [-0.39, 0.29) is 6.10 Å². The molecule has 0 saturated carbocycles. The molecular formula is C13H20N2O2. The van der Waals surface area contributed by atoms with Gasteiger partial charge in [0, 0.05) is 12.1 Å². The van der Waals surface area contributed by atoms with Crippen molar-refractivity contribution in [3.63, 3.8) is 0 Å². The van der Waals surface area contributed by atoms with Crippen molar-refractivity contribution in [3.05, 3.63) is 35.4 Å². The Morgan fingerprint density at radius 2 is 2.29 bits per heavy atom. The number of carbonyl (C=O) groups is 1. The van der Waals surface area contributed by atoms with Crippen LogP contribution in [0.4, 0.5) is 0 Å². The minimum absolute atomic E-state index is 0.241. The van der Waals surface area contributed by atoms with Gasteiger partial charge in [-0.3, -0.25) is 4.79 Å². The average molecular weight is 236 g/mol. The summed E-state index contributed by atoms with van der Waals surface area (Å²) in [7, 11) is 0. The summed E-state index contributed by atoms with van der Waals surface area (Å²) in [4.78, 5) is 11.0. The molecule has 0 heterocycles. The van der Waals surface area contributed by atoms with E-state index in [2.05, 4.69) is 5.32 Å². The predicted octanol–water partition coefficient (Wildman–Crippen LogP) is 1.04. The zero-order valence-electron chi connectivity index (χ0n) is 10.1. The summed E-state index contributed by atoms with van der Waals surface area (Å²) in [5.41, 5.74) is 6.78. The van der Waals surface area contributed by atoms with E-state index >= 15 is 0 Å². The van der Waals surface area contributed by atoms with Crippen LogP contribution in [-0.4, -0.2) is 23.7 Å². The van der Waals surface area contributed by atoms with E-state index in [1.165, 1.54) is 0 Å². The van der Waals surface area contributed by atoms with Crippen molar-refractivity contribution < 1.29 is 9.90 Å². The van der Waals surface area contributed by atoms with Gasteiger partial charge < -0.3 is 16.2 Å². The number of primary amides is 1. The highest BCUT2D eigenvalue weighted by molar-refractivity contribution is 5.92. The van der Waals surface area contributed by atoms with Crippen LogP contribution in [0.15, 0.2) is 24.3 Å². The maximum absolute atomic E-state index is 11.0. The SMILES string of the molecule is CC(O)CCCNCc1cccc(C(N)=O)c1. The second-order valence-corrected chi connectivity index (χ2v) is 4.23. The third kappa shape index (κ3) is 5.47. The van der Waals surface area contributed by atoms with E-state index < -0.39 is 5.91 Å². The van der Waals surface area contributed by atoms with Gasteiger partial charge in [0.1, 0.15) is 0 Å². The van der Waals surface area contributed by atoms with Crippen molar-refractivity contribution in [1.82, 2.24) is 5.32 Å². The zero-order chi connectivity index (χ0) is 12.7. The predicted molar refractivity (Wildman–Crippen MR) is 67.6 cm³/mol. The Morgan fingerprint density at radius 1 is 1.53 bits per heavy atom. The number of nitrogens with two attached hydrogens (primary N) is 1. The molecule has 17 heavy (non-hydrogen) atoms. The fourth-order valence-electron chi connectivity index (χ4n) is 1.59. The van der Waals surface area contributed by atoms with Gasteiger partial charge in [-0.15, -0.1) is 0 Å². The number of aliphatic hydroxyl groups is 1. The van der Waals surface area contributed by atoms with Crippen molar-refractivity contribution in [3.8, 4) is 0 Å². The Labute approximate surface area is 102 Å². The van der Waals surface area contributed by atoms with Gasteiger partial charge in [0.2, 0.25) is 5.91 Å².